The van der Waals surface area contributed by atoms with Gasteiger partial charge in [-0.25, -0.2) is 0 Å². The number of nitrogens with one attached hydrogen (secondary N) is 1. The molecule has 1 fully saturated rings. The lowest BCUT2D eigenvalue weighted by atomic mass is 9.73. The second-order valence-corrected chi connectivity index (χ2v) is 9.01. The Balaban J connectivity index is 1.79. The topological polar surface area (TPSA) is 54.6 Å². The number of halogens is 1. The van der Waals surface area contributed by atoms with E-state index in [2.05, 4.69) is 38.8 Å². The van der Waals surface area contributed by atoms with E-state index in [1.54, 1.807) is 27.4 Å². The fraction of sp³-hybridized carbons (Fsp3) is 0.522. The second kappa shape index (κ2) is 8.15. The fourth-order valence-corrected chi connectivity index (χ4v) is 5.85. The number of hydrogen-bond acceptors (Lipinski definition) is 4. The summed E-state index contributed by atoms with van der Waals surface area (Å²) >= 11 is 3.63. The molecule has 0 radical (unpaired) electrons. The molecule has 1 aromatic carbocycles. The summed E-state index contributed by atoms with van der Waals surface area (Å²) in [6, 6.07) is 4.43. The summed E-state index contributed by atoms with van der Waals surface area (Å²) in [6.45, 7) is 5.92. The summed E-state index contributed by atoms with van der Waals surface area (Å²) in [4.78, 5) is 18.7. The zero-order chi connectivity index (χ0) is 20.7. The summed E-state index contributed by atoms with van der Waals surface area (Å²) in [6.07, 6.45) is 4.66. The third kappa shape index (κ3) is 3.40. The van der Waals surface area contributed by atoms with Gasteiger partial charge in [0.2, 0.25) is 0 Å². The van der Waals surface area contributed by atoms with Gasteiger partial charge in [-0.1, -0.05) is 13.3 Å². The maximum absolute atomic E-state index is 12.4. The lowest BCUT2D eigenvalue weighted by Crippen LogP contribution is -2.46. The molecule has 6 heteroatoms. The number of allylic oxidation sites excluding steroid dienone is 1. The molecule has 29 heavy (non-hydrogen) atoms. The molecule has 0 aliphatic carbocycles. The van der Waals surface area contributed by atoms with Gasteiger partial charge in [0.1, 0.15) is 5.75 Å². The van der Waals surface area contributed by atoms with Crippen molar-refractivity contribution in [2.75, 3.05) is 27.3 Å². The van der Waals surface area contributed by atoms with Gasteiger partial charge in [0.15, 0.2) is 5.78 Å². The van der Waals surface area contributed by atoms with Crippen molar-refractivity contribution in [3.8, 4) is 5.75 Å². The number of fused-ring (bicyclic) bond motifs is 5. The number of piperidine rings is 1. The van der Waals surface area contributed by atoms with Crippen molar-refractivity contribution in [1.29, 1.82) is 0 Å². The van der Waals surface area contributed by atoms with Crippen molar-refractivity contribution < 1.29 is 14.3 Å². The minimum Gasteiger partial charge on any atom is -0.504 e. The highest BCUT2D eigenvalue weighted by molar-refractivity contribution is 9.10. The molecule has 1 aromatic heterocycles. The average Bonchev–Trinajstić information content (AvgIpc) is 3.10. The molecule has 0 spiro atoms. The molecule has 0 saturated carbocycles. The molecule has 2 aliphatic heterocycles. The van der Waals surface area contributed by atoms with Gasteiger partial charge in [0.25, 0.3) is 0 Å². The molecule has 3 heterocycles. The van der Waals surface area contributed by atoms with Crippen molar-refractivity contribution in [3.05, 3.63) is 39.7 Å². The van der Waals surface area contributed by atoms with Crippen molar-refractivity contribution in [3.63, 3.8) is 0 Å². The van der Waals surface area contributed by atoms with Crippen LogP contribution in [0.3, 0.4) is 0 Å². The van der Waals surface area contributed by atoms with Crippen LogP contribution < -0.4 is 4.74 Å². The quantitative estimate of drug-likeness (QED) is 0.503. The first kappa shape index (κ1) is 20.5. The SMILES string of the molecule is CC[C@@H]1CN2CCc3c([nH]c4ccc(Br)c(OC)c34)[C@@H]2C[C@@H]1/C(=C\OC)C(C)=O. The Morgan fingerprint density at radius 1 is 1.38 bits per heavy atom. The lowest BCUT2D eigenvalue weighted by Gasteiger charge is -2.46. The van der Waals surface area contributed by atoms with Crippen molar-refractivity contribution in [2.24, 2.45) is 11.8 Å². The smallest absolute Gasteiger partial charge is 0.159 e. The highest BCUT2D eigenvalue weighted by atomic mass is 79.9. The first-order valence-electron chi connectivity index (χ1n) is 10.3. The predicted molar refractivity (Wildman–Crippen MR) is 118 cm³/mol. The van der Waals surface area contributed by atoms with Crippen LogP contribution in [0, 0.1) is 11.8 Å². The third-order valence-corrected chi connectivity index (χ3v) is 7.35. The van der Waals surface area contributed by atoms with Crippen LogP contribution in [0.4, 0.5) is 0 Å². The van der Waals surface area contributed by atoms with Gasteiger partial charge >= 0.3 is 0 Å². The molecule has 0 bridgehead atoms. The van der Waals surface area contributed by atoms with Crippen LogP contribution in [0.15, 0.2) is 28.4 Å². The van der Waals surface area contributed by atoms with Gasteiger partial charge in [-0.05, 0) is 65.2 Å². The number of H-pyrrole nitrogens is 1. The molecule has 5 nitrogen and oxygen atoms in total. The first-order chi connectivity index (χ1) is 14.0. The Morgan fingerprint density at radius 3 is 2.83 bits per heavy atom. The number of nitrogens with zero attached hydrogens (tertiary/aromatic N) is 1. The van der Waals surface area contributed by atoms with Crippen molar-refractivity contribution >= 4 is 32.6 Å². The Morgan fingerprint density at radius 2 is 2.17 bits per heavy atom. The number of carbonyl (C=O) groups is 1. The van der Waals surface area contributed by atoms with Gasteiger partial charge in [-0.3, -0.25) is 9.69 Å². The Bertz CT molecular complexity index is 965. The number of rotatable bonds is 5. The van der Waals surface area contributed by atoms with E-state index in [0.717, 1.165) is 53.7 Å². The number of carbonyl (C=O) groups excluding carboxylic acids is 1. The normalized spacial score (nSPS) is 24.9. The molecule has 0 unspecified atom stereocenters. The molecule has 156 valence electrons. The minimum atomic E-state index is 0.113. The molecule has 2 aliphatic rings. The van der Waals surface area contributed by atoms with E-state index in [9.17, 15) is 4.79 Å². The van der Waals surface area contributed by atoms with Crippen LogP contribution in [-0.4, -0.2) is 43.0 Å². The van der Waals surface area contributed by atoms with Gasteiger partial charge in [-0.15, -0.1) is 0 Å². The van der Waals surface area contributed by atoms with E-state index in [1.165, 1.54) is 16.6 Å². The van der Waals surface area contributed by atoms with E-state index in [-0.39, 0.29) is 17.7 Å². The number of hydrogen-bond donors (Lipinski definition) is 1. The maximum atomic E-state index is 12.4. The number of benzene rings is 1. The monoisotopic (exact) mass is 460 g/mol. The van der Waals surface area contributed by atoms with Crippen molar-refractivity contribution in [2.45, 2.75) is 39.2 Å². The second-order valence-electron chi connectivity index (χ2n) is 8.16. The molecular weight excluding hydrogens is 432 g/mol. The van der Waals surface area contributed by atoms with E-state index in [1.807, 2.05) is 6.07 Å². The number of methoxy groups -OCH3 is 2. The summed E-state index contributed by atoms with van der Waals surface area (Å²) in [5.41, 5.74) is 4.57. The van der Waals surface area contributed by atoms with Crippen LogP contribution >= 0.6 is 15.9 Å². The molecular formula is C23H29BrN2O3. The van der Waals surface area contributed by atoms with Gasteiger partial charge in [0, 0.05) is 35.3 Å². The van der Waals surface area contributed by atoms with Crippen molar-refractivity contribution in [1.82, 2.24) is 9.88 Å². The van der Waals surface area contributed by atoms with E-state index < -0.39 is 0 Å². The third-order valence-electron chi connectivity index (χ3n) is 6.72. The van der Waals surface area contributed by atoms with Gasteiger partial charge in [-0.2, -0.15) is 0 Å². The molecule has 3 atom stereocenters. The summed E-state index contributed by atoms with van der Waals surface area (Å²) in [5.74, 6) is 1.69. The maximum Gasteiger partial charge on any atom is 0.159 e. The minimum absolute atomic E-state index is 0.113. The Hall–Kier alpha value is -1.79. The van der Waals surface area contributed by atoms with Crippen LogP contribution in [-0.2, 0) is 16.0 Å². The number of Topliss-reactive ketones (excluding diaryl/α,β-unsaturated/α-hetero) is 1. The molecule has 2 aromatic rings. The van der Waals surface area contributed by atoms with Crippen LogP contribution in [0.2, 0.25) is 0 Å². The van der Waals surface area contributed by atoms with E-state index >= 15 is 0 Å². The lowest BCUT2D eigenvalue weighted by molar-refractivity contribution is -0.114. The highest BCUT2D eigenvalue weighted by Crippen LogP contribution is 2.48. The predicted octanol–water partition coefficient (Wildman–Crippen LogP) is 5.00. The van der Waals surface area contributed by atoms with Crippen LogP contribution in [0.1, 0.15) is 44.0 Å². The number of ketones is 1. The Kier molecular flexibility index (Phi) is 5.76. The number of aromatic nitrogens is 1. The fourth-order valence-electron chi connectivity index (χ4n) is 5.35. The zero-order valence-corrected chi connectivity index (χ0v) is 19.1. The molecule has 1 N–H and O–H groups in total. The van der Waals surface area contributed by atoms with Crippen LogP contribution in [0.5, 0.6) is 5.75 Å². The number of aromatic amines is 1. The van der Waals surface area contributed by atoms with E-state index in [0.29, 0.717) is 5.92 Å². The first-order valence-corrected chi connectivity index (χ1v) is 11.1. The summed E-state index contributed by atoms with van der Waals surface area (Å²) < 4.78 is 12.0. The zero-order valence-electron chi connectivity index (χ0n) is 17.5. The Labute approximate surface area is 180 Å². The molecule has 4 rings (SSSR count). The largest absolute Gasteiger partial charge is 0.504 e. The highest BCUT2D eigenvalue weighted by Gasteiger charge is 2.42. The molecule has 0 amide bonds. The van der Waals surface area contributed by atoms with Gasteiger partial charge in [0.05, 0.1) is 31.0 Å². The summed E-state index contributed by atoms with van der Waals surface area (Å²) in [7, 11) is 3.35. The summed E-state index contributed by atoms with van der Waals surface area (Å²) in [5, 5.41) is 1.19. The number of ether oxygens (including phenoxy) is 2. The van der Waals surface area contributed by atoms with Gasteiger partial charge < -0.3 is 14.5 Å². The van der Waals surface area contributed by atoms with E-state index in [4.69, 9.17) is 9.47 Å². The standard InChI is InChI=1S/C23H29BrN2O3/c1-5-14-11-26-9-8-15-21-19(7-6-18(24)23(21)29-4)25-22(15)20(26)10-16(14)17(12-28-3)13(2)27/h6-7,12,14,16,20,25H,5,8-11H2,1-4H3/b17-12-/t14-,16+,20+/m1/s1. The average molecular weight is 461 g/mol. The van der Waals surface area contributed by atoms with Crippen LogP contribution in [0.25, 0.3) is 10.9 Å². The molecule has 1 saturated heterocycles.